The summed E-state index contributed by atoms with van der Waals surface area (Å²) in [5.74, 6) is 0.787. The first-order chi connectivity index (χ1) is 22.1. The van der Waals surface area contributed by atoms with Crippen LogP contribution in [0.3, 0.4) is 0 Å². The van der Waals surface area contributed by atoms with Crippen LogP contribution in [0.5, 0.6) is 6.01 Å². The zero-order valence-electron chi connectivity index (χ0n) is 26.3. The SMILES string of the molecule is CCc1cccc2cccc(N3CCc4c(nc(OCC56CCCN5CCC6)nc4NCc4c5c(n[nH]c4=O)CCCC5)C3)c12. The lowest BCUT2D eigenvalue weighted by molar-refractivity contribution is 0.107. The fourth-order valence-corrected chi connectivity index (χ4v) is 8.46. The molecule has 9 nitrogen and oxygen atoms in total. The fourth-order valence-electron chi connectivity index (χ4n) is 8.46. The molecule has 2 aromatic carbocycles. The molecule has 2 N–H and O–H groups in total. The van der Waals surface area contributed by atoms with Crippen molar-refractivity contribution in [1.29, 1.82) is 0 Å². The van der Waals surface area contributed by atoms with E-state index in [9.17, 15) is 4.79 Å². The zero-order chi connectivity index (χ0) is 30.4. The van der Waals surface area contributed by atoms with Crippen molar-refractivity contribution in [3.63, 3.8) is 0 Å². The highest BCUT2D eigenvalue weighted by molar-refractivity contribution is 5.97. The topological polar surface area (TPSA) is 99.3 Å². The van der Waals surface area contributed by atoms with Gasteiger partial charge in [0.05, 0.1) is 23.5 Å². The third-order valence-corrected chi connectivity index (χ3v) is 10.8. The molecule has 8 rings (SSSR count). The van der Waals surface area contributed by atoms with Crippen molar-refractivity contribution in [3.05, 3.63) is 80.4 Å². The van der Waals surface area contributed by atoms with Gasteiger partial charge in [0.15, 0.2) is 0 Å². The lowest BCUT2D eigenvalue weighted by Gasteiger charge is -2.33. The van der Waals surface area contributed by atoms with Crippen molar-refractivity contribution in [2.24, 2.45) is 0 Å². The quantitative estimate of drug-likeness (QED) is 0.278. The van der Waals surface area contributed by atoms with Gasteiger partial charge in [0.2, 0.25) is 0 Å². The van der Waals surface area contributed by atoms with Crippen molar-refractivity contribution in [3.8, 4) is 6.01 Å². The summed E-state index contributed by atoms with van der Waals surface area (Å²) in [7, 11) is 0. The Hall–Kier alpha value is -3.98. The van der Waals surface area contributed by atoms with Crippen molar-refractivity contribution >= 4 is 22.3 Å². The zero-order valence-corrected chi connectivity index (χ0v) is 26.3. The highest BCUT2D eigenvalue weighted by atomic mass is 16.5. The Bertz CT molecular complexity index is 1790. The number of H-pyrrole nitrogens is 1. The van der Waals surface area contributed by atoms with Crippen LogP contribution < -0.4 is 20.5 Å². The Labute approximate surface area is 264 Å². The molecule has 4 aliphatic rings. The second-order valence-electron chi connectivity index (χ2n) is 13.3. The summed E-state index contributed by atoms with van der Waals surface area (Å²) in [5.41, 5.74) is 7.65. The molecule has 0 bridgehead atoms. The van der Waals surface area contributed by atoms with Gasteiger partial charge in [-0.2, -0.15) is 15.1 Å². The maximum atomic E-state index is 13.0. The van der Waals surface area contributed by atoms with Crippen LogP contribution in [-0.4, -0.2) is 56.8 Å². The Morgan fingerprint density at radius 1 is 0.933 bits per heavy atom. The van der Waals surface area contributed by atoms with Crippen molar-refractivity contribution in [1.82, 2.24) is 25.1 Å². The summed E-state index contributed by atoms with van der Waals surface area (Å²) in [6.07, 6.45) is 10.6. The number of aryl methyl sites for hydroxylation is 2. The molecule has 3 aliphatic heterocycles. The van der Waals surface area contributed by atoms with Gasteiger partial charge < -0.3 is 15.0 Å². The maximum absolute atomic E-state index is 13.0. The van der Waals surface area contributed by atoms with Crippen LogP contribution in [0.2, 0.25) is 0 Å². The smallest absolute Gasteiger partial charge is 0.318 e. The summed E-state index contributed by atoms with van der Waals surface area (Å²) in [5, 5.41) is 13.3. The number of anilines is 2. The summed E-state index contributed by atoms with van der Waals surface area (Å²) in [6.45, 7) is 7.13. The van der Waals surface area contributed by atoms with Crippen molar-refractivity contribution in [2.45, 2.75) is 89.8 Å². The largest absolute Gasteiger partial charge is 0.461 e. The maximum Gasteiger partial charge on any atom is 0.318 e. The number of aromatic amines is 1. The lowest BCUT2D eigenvalue weighted by atomic mass is 9.93. The third-order valence-electron chi connectivity index (χ3n) is 10.8. The number of benzene rings is 2. The van der Waals surface area contributed by atoms with E-state index in [1.165, 1.54) is 47.7 Å². The number of fused-ring (bicyclic) bond motifs is 4. The first-order valence-electron chi connectivity index (χ1n) is 17.0. The van der Waals surface area contributed by atoms with Crippen LogP contribution >= 0.6 is 0 Å². The predicted octanol–water partition coefficient (Wildman–Crippen LogP) is 5.34. The summed E-state index contributed by atoms with van der Waals surface area (Å²) < 4.78 is 6.52. The average Bonchev–Trinajstić information content (AvgIpc) is 3.67. The van der Waals surface area contributed by atoms with E-state index in [2.05, 4.69) is 68.6 Å². The molecule has 0 radical (unpaired) electrons. The third kappa shape index (κ3) is 5.15. The average molecular weight is 606 g/mol. The molecule has 234 valence electrons. The van der Waals surface area contributed by atoms with Crippen molar-refractivity contribution in [2.75, 3.05) is 36.5 Å². The Kier molecular flexibility index (Phi) is 7.44. The minimum atomic E-state index is -0.113. The Morgan fingerprint density at radius 3 is 2.60 bits per heavy atom. The van der Waals surface area contributed by atoms with E-state index in [4.69, 9.17) is 14.7 Å². The van der Waals surface area contributed by atoms with Gasteiger partial charge in [-0.1, -0.05) is 37.3 Å². The molecular formula is C36H43N7O2. The number of nitrogens with one attached hydrogen (secondary N) is 2. The van der Waals surface area contributed by atoms with E-state index in [0.29, 0.717) is 25.7 Å². The van der Waals surface area contributed by atoms with Crippen LogP contribution in [0.4, 0.5) is 11.5 Å². The number of hydrogen-bond donors (Lipinski definition) is 2. The highest BCUT2D eigenvalue weighted by Crippen LogP contribution is 2.40. The molecular weight excluding hydrogens is 562 g/mol. The molecule has 1 aliphatic carbocycles. The monoisotopic (exact) mass is 605 g/mol. The van der Waals surface area contributed by atoms with Crippen LogP contribution in [0, 0.1) is 0 Å². The molecule has 45 heavy (non-hydrogen) atoms. The number of rotatable bonds is 8. The first-order valence-corrected chi connectivity index (χ1v) is 17.0. The van der Waals surface area contributed by atoms with E-state index < -0.39 is 0 Å². The van der Waals surface area contributed by atoms with Gasteiger partial charge in [-0.05, 0) is 99.9 Å². The van der Waals surface area contributed by atoms with E-state index in [0.717, 1.165) is 92.1 Å². The Balaban J connectivity index is 1.13. The molecule has 5 heterocycles. The van der Waals surface area contributed by atoms with Gasteiger partial charge in [0.25, 0.3) is 5.56 Å². The van der Waals surface area contributed by atoms with Gasteiger partial charge in [-0.25, -0.2) is 5.10 Å². The molecule has 2 fully saturated rings. The minimum absolute atomic E-state index is 0.113. The van der Waals surface area contributed by atoms with Gasteiger partial charge in [-0.3, -0.25) is 9.69 Å². The molecule has 0 amide bonds. The van der Waals surface area contributed by atoms with E-state index >= 15 is 0 Å². The van der Waals surface area contributed by atoms with Gasteiger partial charge >= 0.3 is 6.01 Å². The summed E-state index contributed by atoms with van der Waals surface area (Å²) >= 11 is 0. The van der Waals surface area contributed by atoms with Crippen LogP contribution in [-0.2, 0) is 38.8 Å². The van der Waals surface area contributed by atoms with Crippen LogP contribution in [0.25, 0.3) is 10.8 Å². The van der Waals surface area contributed by atoms with E-state index in [1.807, 2.05) is 0 Å². The minimum Gasteiger partial charge on any atom is -0.461 e. The number of hydrogen-bond acceptors (Lipinski definition) is 8. The molecule has 0 unspecified atom stereocenters. The van der Waals surface area contributed by atoms with Crippen molar-refractivity contribution < 1.29 is 4.74 Å². The second kappa shape index (κ2) is 11.7. The highest BCUT2D eigenvalue weighted by Gasteiger charge is 2.45. The van der Waals surface area contributed by atoms with E-state index in [-0.39, 0.29) is 11.1 Å². The first kappa shape index (κ1) is 28.5. The van der Waals surface area contributed by atoms with Gasteiger partial charge in [0, 0.05) is 35.3 Å². The molecule has 0 atom stereocenters. The van der Waals surface area contributed by atoms with Gasteiger partial charge in [0.1, 0.15) is 12.4 Å². The van der Waals surface area contributed by atoms with Crippen LogP contribution in [0.1, 0.15) is 79.1 Å². The molecule has 2 saturated heterocycles. The normalized spacial score (nSPS) is 18.9. The fraction of sp³-hybridized carbons (Fsp3) is 0.500. The van der Waals surface area contributed by atoms with Gasteiger partial charge in [-0.15, -0.1) is 0 Å². The molecule has 9 heteroatoms. The number of aromatic nitrogens is 4. The standard InChI is InChI=1S/C36H43N7O2/c1-2-24-9-5-10-25-11-6-14-31(32(24)25)42-20-15-27-30(22-42)38-35(45-23-36-16-7-18-43(36)19-8-17-36)39-33(27)37-21-28-26-12-3-4-13-29(26)40-41-34(28)44/h5-6,9-11,14H,2-4,7-8,12-13,15-23H2,1H3,(H,41,44)(H,37,38,39). The van der Waals surface area contributed by atoms with E-state index in [1.54, 1.807) is 0 Å². The molecule has 4 aromatic rings. The summed E-state index contributed by atoms with van der Waals surface area (Å²) in [4.78, 5) is 28.1. The number of ether oxygens (including phenoxy) is 1. The van der Waals surface area contributed by atoms with Crippen LogP contribution in [0.15, 0.2) is 41.2 Å². The predicted molar refractivity (Wildman–Crippen MR) is 177 cm³/mol. The lowest BCUT2D eigenvalue weighted by Crippen LogP contribution is -2.43. The molecule has 0 saturated carbocycles. The Morgan fingerprint density at radius 2 is 1.76 bits per heavy atom. The molecule has 0 spiro atoms. The second-order valence-corrected chi connectivity index (χ2v) is 13.3. The number of nitrogens with zero attached hydrogens (tertiary/aromatic N) is 5. The summed E-state index contributed by atoms with van der Waals surface area (Å²) in [6, 6.07) is 13.7. The molecule has 2 aromatic heterocycles.